The number of benzene rings is 3. The van der Waals surface area contributed by atoms with Crippen molar-refractivity contribution in [1.82, 2.24) is 9.80 Å². The minimum atomic E-state index is -0.469. The van der Waals surface area contributed by atoms with Crippen LogP contribution >= 0.6 is 23.2 Å². The molecular weight excluding hydrogens is 599 g/mol. The summed E-state index contributed by atoms with van der Waals surface area (Å²) in [7, 11) is 1.86. The average molecular weight is 636 g/mol. The van der Waals surface area contributed by atoms with Gasteiger partial charge >= 0.3 is 5.97 Å². The lowest BCUT2D eigenvalue weighted by Crippen LogP contribution is -2.69. The lowest BCUT2D eigenvalue weighted by Gasteiger charge is -2.60. The predicted octanol–water partition coefficient (Wildman–Crippen LogP) is 5.98. The second-order valence-electron chi connectivity index (χ2n) is 12.7. The van der Waals surface area contributed by atoms with E-state index in [1.807, 2.05) is 24.1 Å². The van der Waals surface area contributed by atoms with Crippen LogP contribution in [0.2, 0.25) is 10.0 Å². The van der Waals surface area contributed by atoms with Crippen molar-refractivity contribution in [3.63, 3.8) is 0 Å². The maximum Gasteiger partial charge on any atom is 0.308 e. The molecule has 0 unspecified atom stereocenters. The van der Waals surface area contributed by atoms with Crippen molar-refractivity contribution in [1.29, 1.82) is 0 Å². The third-order valence-electron chi connectivity index (χ3n) is 10.5. The van der Waals surface area contributed by atoms with Gasteiger partial charge in [-0.25, -0.2) is 0 Å². The van der Waals surface area contributed by atoms with Crippen molar-refractivity contribution >= 4 is 35.1 Å². The Morgan fingerprint density at radius 2 is 1.89 bits per heavy atom. The molecule has 4 aliphatic rings. The highest BCUT2D eigenvalue weighted by Gasteiger charge is 2.67. The molecule has 1 amide bonds. The van der Waals surface area contributed by atoms with E-state index in [-0.39, 0.29) is 47.9 Å². The second kappa shape index (κ2) is 11.3. The number of esters is 1. The van der Waals surface area contributed by atoms with E-state index in [2.05, 4.69) is 29.2 Å². The summed E-state index contributed by atoms with van der Waals surface area (Å²) in [4.78, 5) is 30.2. The molecule has 0 aromatic heterocycles. The molecule has 1 saturated carbocycles. The van der Waals surface area contributed by atoms with Gasteiger partial charge in [-0.15, -0.1) is 0 Å². The van der Waals surface area contributed by atoms with Crippen LogP contribution in [0, 0.1) is 5.92 Å². The van der Waals surface area contributed by atoms with Gasteiger partial charge in [0.25, 0.3) is 0 Å². The molecule has 0 radical (unpaired) electrons. The van der Waals surface area contributed by atoms with Gasteiger partial charge in [-0.05, 0) is 67.8 Å². The van der Waals surface area contributed by atoms with Gasteiger partial charge in [0.2, 0.25) is 5.91 Å². The summed E-state index contributed by atoms with van der Waals surface area (Å²) < 4.78 is 12.5. The monoisotopic (exact) mass is 634 g/mol. The number of rotatable bonds is 7. The second-order valence-corrected chi connectivity index (χ2v) is 13.5. The molecule has 1 N–H and O–H groups in total. The van der Waals surface area contributed by atoms with Gasteiger partial charge in [0.1, 0.15) is 11.9 Å². The number of phenols is 1. The zero-order chi connectivity index (χ0) is 30.7. The van der Waals surface area contributed by atoms with E-state index in [1.165, 1.54) is 18.6 Å². The maximum atomic E-state index is 13.7. The van der Waals surface area contributed by atoms with Gasteiger partial charge in [-0.3, -0.25) is 14.5 Å². The lowest BCUT2D eigenvalue weighted by molar-refractivity contribution is -0.139. The van der Waals surface area contributed by atoms with Crippen LogP contribution in [0.4, 0.5) is 0 Å². The van der Waals surface area contributed by atoms with Gasteiger partial charge < -0.3 is 19.5 Å². The zero-order valence-corrected chi connectivity index (χ0v) is 26.4. The number of carbonyl (C=O) groups excluding carboxylic acids is 2. The fraction of sp³-hybridized carbons (Fsp3) is 0.429. The Hall–Kier alpha value is -3.26. The highest BCUT2D eigenvalue weighted by Crippen LogP contribution is 2.65. The van der Waals surface area contributed by atoms with Crippen molar-refractivity contribution in [2.75, 3.05) is 20.1 Å². The third-order valence-corrected chi connectivity index (χ3v) is 11.2. The van der Waals surface area contributed by atoms with Crippen LogP contribution in [-0.4, -0.2) is 65.1 Å². The summed E-state index contributed by atoms with van der Waals surface area (Å²) >= 11 is 12.3. The summed E-state index contributed by atoms with van der Waals surface area (Å²) in [6.45, 7) is 3.18. The van der Waals surface area contributed by atoms with Crippen molar-refractivity contribution in [3.8, 4) is 17.2 Å². The van der Waals surface area contributed by atoms with Crippen molar-refractivity contribution in [2.24, 2.45) is 5.92 Å². The van der Waals surface area contributed by atoms with Crippen LogP contribution < -0.4 is 9.47 Å². The number of likely N-dealkylation sites (N-methyl/N-ethyl adjacent to an activating group) is 1. The molecule has 44 heavy (non-hydrogen) atoms. The summed E-state index contributed by atoms with van der Waals surface area (Å²) in [5.41, 5.74) is 3.58. The molecule has 5 atom stereocenters. The molecule has 2 bridgehead atoms. The summed E-state index contributed by atoms with van der Waals surface area (Å²) in [6, 6.07) is 17.4. The largest absolute Gasteiger partial charge is 0.508 e. The number of likely N-dealkylation sites (tertiary alicyclic amines) is 1. The van der Waals surface area contributed by atoms with E-state index in [4.69, 9.17) is 32.7 Å². The van der Waals surface area contributed by atoms with Crippen LogP contribution in [0.25, 0.3) is 0 Å². The summed E-state index contributed by atoms with van der Waals surface area (Å²) in [5, 5.41) is 12.2. The molecule has 230 valence electrons. The first-order chi connectivity index (χ1) is 21.2. The molecule has 3 aromatic carbocycles. The summed E-state index contributed by atoms with van der Waals surface area (Å²) in [6.07, 6.45) is 4.10. The number of piperidine rings is 1. The number of nitrogens with zero attached hydrogens (tertiary/aromatic N) is 2. The van der Waals surface area contributed by atoms with Crippen LogP contribution in [0.15, 0.2) is 54.6 Å². The van der Waals surface area contributed by atoms with Crippen molar-refractivity contribution in [2.45, 2.75) is 69.1 Å². The van der Waals surface area contributed by atoms with Gasteiger partial charge in [0.05, 0.1) is 22.5 Å². The highest BCUT2D eigenvalue weighted by atomic mass is 35.5. The van der Waals surface area contributed by atoms with E-state index >= 15 is 0 Å². The number of ether oxygens (including phenoxy) is 2. The number of carbonyl (C=O) groups is 2. The molecule has 1 spiro atoms. The fourth-order valence-electron chi connectivity index (χ4n) is 8.61. The Labute approximate surface area is 267 Å². The van der Waals surface area contributed by atoms with Crippen molar-refractivity contribution < 1.29 is 24.2 Å². The number of amides is 1. The highest BCUT2D eigenvalue weighted by molar-refractivity contribution is 6.42. The van der Waals surface area contributed by atoms with E-state index in [0.29, 0.717) is 22.2 Å². The number of phenolic OH excluding ortho intramolecular Hbond substituents is 1. The van der Waals surface area contributed by atoms with Gasteiger partial charge in [-0.1, -0.05) is 59.6 Å². The zero-order valence-electron chi connectivity index (χ0n) is 24.9. The first kappa shape index (κ1) is 29.5. The Balaban J connectivity index is 1.24. The molecule has 3 aromatic rings. The number of hydrogen-bond acceptors (Lipinski definition) is 6. The van der Waals surface area contributed by atoms with Crippen LogP contribution in [0.5, 0.6) is 17.2 Å². The predicted molar refractivity (Wildman–Crippen MR) is 169 cm³/mol. The summed E-state index contributed by atoms with van der Waals surface area (Å²) in [5.74, 6) is 0.735. The van der Waals surface area contributed by atoms with Gasteiger partial charge in [-0.2, -0.15) is 0 Å². The maximum absolute atomic E-state index is 13.7. The van der Waals surface area contributed by atoms with Crippen molar-refractivity contribution in [3.05, 3.63) is 86.9 Å². The Kier molecular flexibility index (Phi) is 7.54. The van der Waals surface area contributed by atoms with Gasteiger partial charge in [0.15, 0.2) is 11.5 Å². The number of aromatic hydroxyl groups is 1. The first-order valence-electron chi connectivity index (χ1n) is 15.4. The van der Waals surface area contributed by atoms with E-state index in [0.717, 1.165) is 55.5 Å². The molecular formula is C35H36Cl2N2O5. The average Bonchev–Trinajstić information content (AvgIpc) is 3.34. The molecule has 2 aliphatic carbocycles. The Morgan fingerprint density at radius 3 is 2.64 bits per heavy atom. The van der Waals surface area contributed by atoms with E-state index < -0.39 is 11.4 Å². The topological polar surface area (TPSA) is 79.3 Å². The smallest absolute Gasteiger partial charge is 0.308 e. The lowest BCUT2D eigenvalue weighted by atomic mass is 9.50. The van der Waals surface area contributed by atoms with Gasteiger partial charge in [0, 0.05) is 49.2 Å². The minimum Gasteiger partial charge on any atom is -0.508 e. The normalized spacial score (nSPS) is 26.5. The third kappa shape index (κ3) is 4.75. The van der Waals surface area contributed by atoms with Crippen LogP contribution in [0.1, 0.15) is 48.4 Å². The van der Waals surface area contributed by atoms with E-state index in [1.54, 1.807) is 12.1 Å². The molecule has 9 heteroatoms. The molecule has 7 rings (SSSR count). The van der Waals surface area contributed by atoms with Crippen LogP contribution in [-0.2, 0) is 34.3 Å². The van der Waals surface area contributed by atoms with E-state index in [9.17, 15) is 14.7 Å². The molecule has 1 saturated heterocycles. The molecule has 2 aliphatic heterocycles. The number of halogens is 2. The SMILES string of the molecule is CC(=O)Oc1cc(O)c2c3c1O[C@H]1[C@H](N(C)C(=O)Cc4ccc(Cl)c(Cl)c4)CC[C@H]4[C@@H](C2)N(CCc2ccccc2)CC[C@@]341. The van der Waals surface area contributed by atoms with Crippen LogP contribution in [0.3, 0.4) is 0 Å². The Morgan fingerprint density at radius 1 is 1.09 bits per heavy atom. The molecule has 7 nitrogen and oxygen atoms in total. The fourth-order valence-corrected chi connectivity index (χ4v) is 8.93. The first-order valence-corrected chi connectivity index (χ1v) is 16.1. The minimum absolute atomic E-state index is 0.0290. The molecule has 2 heterocycles. The Bertz CT molecular complexity index is 1630. The quantitative estimate of drug-likeness (QED) is 0.255. The standard InChI is InChI=1S/C35H36Cl2N2O5/c1-20(40)43-30-19-29(41)23-18-28-24-9-11-27(38(2)31(42)17-22-8-10-25(36)26(37)16-22)34-35(24,32(23)33(30)44-34)13-15-39(28)14-12-21-6-4-3-5-7-21/h3-8,10,16,19,24,27-28,34,41H,9,11-15,17-18H2,1-2H3/t24-,27+,28+,34-,35-/m0/s1. The number of hydrogen-bond donors (Lipinski definition) is 1. The molecule has 2 fully saturated rings.